The molecule has 1 saturated heterocycles. The highest BCUT2D eigenvalue weighted by atomic mass is 16.5. The molecule has 0 unspecified atom stereocenters. The lowest BCUT2D eigenvalue weighted by molar-refractivity contribution is 0.0366. The van der Waals surface area contributed by atoms with Crippen molar-refractivity contribution in [3.05, 3.63) is 47.9 Å². The van der Waals surface area contributed by atoms with E-state index >= 15 is 0 Å². The minimum absolute atomic E-state index is 0.634. The molecule has 4 rings (SSSR count). The van der Waals surface area contributed by atoms with Crippen molar-refractivity contribution in [2.75, 3.05) is 38.2 Å². The summed E-state index contributed by atoms with van der Waals surface area (Å²) in [6.45, 7) is 8.15. The number of furan rings is 1. The summed E-state index contributed by atoms with van der Waals surface area (Å²) in [7, 11) is 0. The van der Waals surface area contributed by atoms with E-state index in [1.165, 1.54) is 0 Å². The van der Waals surface area contributed by atoms with E-state index in [0.29, 0.717) is 6.54 Å². The smallest absolute Gasteiger partial charge is 0.204 e. The first-order valence-corrected chi connectivity index (χ1v) is 8.84. The van der Waals surface area contributed by atoms with Gasteiger partial charge in [-0.05, 0) is 31.2 Å². The Morgan fingerprint density at radius 1 is 1.08 bits per heavy atom. The number of aromatic nitrogens is 2. The van der Waals surface area contributed by atoms with Crippen molar-refractivity contribution >= 4 is 17.0 Å². The van der Waals surface area contributed by atoms with Gasteiger partial charge in [-0.2, -0.15) is 0 Å². The van der Waals surface area contributed by atoms with Gasteiger partial charge in [-0.15, -0.1) is 0 Å². The number of ether oxygens (including phenoxy) is 1. The molecule has 0 saturated carbocycles. The molecule has 3 aromatic rings. The van der Waals surface area contributed by atoms with Crippen molar-refractivity contribution in [2.45, 2.75) is 20.0 Å². The molecule has 3 heterocycles. The van der Waals surface area contributed by atoms with E-state index in [0.717, 1.165) is 67.9 Å². The maximum Gasteiger partial charge on any atom is 0.204 e. The molecule has 0 atom stereocenters. The van der Waals surface area contributed by atoms with Crippen LogP contribution in [0.15, 0.2) is 40.8 Å². The molecule has 0 aliphatic carbocycles. The van der Waals surface area contributed by atoms with Crippen LogP contribution in [0, 0.1) is 6.92 Å². The van der Waals surface area contributed by atoms with Crippen LogP contribution in [-0.2, 0) is 17.8 Å². The van der Waals surface area contributed by atoms with Crippen LogP contribution in [0.25, 0.3) is 11.0 Å². The largest absolute Gasteiger partial charge is 0.465 e. The van der Waals surface area contributed by atoms with Gasteiger partial charge in [0.25, 0.3) is 0 Å². The molecule has 1 fully saturated rings. The van der Waals surface area contributed by atoms with Gasteiger partial charge in [0, 0.05) is 26.2 Å². The van der Waals surface area contributed by atoms with Gasteiger partial charge in [-0.25, -0.2) is 4.98 Å². The Morgan fingerprint density at radius 2 is 1.92 bits per heavy atom. The molecule has 1 aliphatic heterocycles. The predicted octanol–water partition coefficient (Wildman–Crippen LogP) is 2.88. The first-order chi connectivity index (χ1) is 12.3. The standard InChI is InChI=1S/C19H24N4O2/c1-15-6-7-16(25-15)14-20-19-21-17-4-2-3-5-18(17)23(19)9-8-22-10-12-24-13-11-22/h2-7H,8-14H2,1H3,(H,20,21). The molecule has 1 N–H and O–H groups in total. The second-order valence-electron chi connectivity index (χ2n) is 6.40. The first kappa shape index (κ1) is 16.2. The Bertz CT molecular complexity index is 833. The zero-order chi connectivity index (χ0) is 17.1. The molecule has 2 aromatic heterocycles. The molecule has 1 aliphatic rings. The van der Waals surface area contributed by atoms with Gasteiger partial charge >= 0.3 is 0 Å². The summed E-state index contributed by atoms with van der Waals surface area (Å²) in [5, 5.41) is 3.43. The number of fused-ring (bicyclic) bond motifs is 1. The van der Waals surface area contributed by atoms with E-state index in [4.69, 9.17) is 14.1 Å². The average Bonchev–Trinajstić information content (AvgIpc) is 3.22. The number of imidazole rings is 1. The summed E-state index contributed by atoms with van der Waals surface area (Å²) in [6.07, 6.45) is 0. The Labute approximate surface area is 147 Å². The molecule has 0 amide bonds. The molecule has 132 valence electrons. The second kappa shape index (κ2) is 7.29. The molecule has 0 bridgehead atoms. The molecule has 25 heavy (non-hydrogen) atoms. The Kier molecular flexibility index (Phi) is 4.72. The van der Waals surface area contributed by atoms with E-state index in [1.54, 1.807) is 0 Å². The average molecular weight is 340 g/mol. The van der Waals surface area contributed by atoms with Gasteiger partial charge in [-0.3, -0.25) is 4.90 Å². The van der Waals surface area contributed by atoms with Crippen LogP contribution in [0.5, 0.6) is 0 Å². The highest BCUT2D eigenvalue weighted by Crippen LogP contribution is 2.20. The van der Waals surface area contributed by atoms with Crippen molar-refractivity contribution in [3.63, 3.8) is 0 Å². The quantitative estimate of drug-likeness (QED) is 0.748. The molecular formula is C19H24N4O2. The van der Waals surface area contributed by atoms with Gasteiger partial charge in [-0.1, -0.05) is 12.1 Å². The summed E-state index contributed by atoms with van der Waals surface area (Å²) < 4.78 is 13.4. The number of para-hydroxylation sites is 2. The fraction of sp³-hybridized carbons (Fsp3) is 0.421. The van der Waals surface area contributed by atoms with Crippen LogP contribution in [0.3, 0.4) is 0 Å². The topological polar surface area (TPSA) is 55.5 Å². The lowest BCUT2D eigenvalue weighted by Gasteiger charge is -2.27. The molecule has 0 spiro atoms. The lowest BCUT2D eigenvalue weighted by atomic mass is 10.3. The minimum Gasteiger partial charge on any atom is -0.465 e. The number of rotatable bonds is 6. The van der Waals surface area contributed by atoms with Gasteiger partial charge in [0.2, 0.25) is 5.95 Å². The maximum atomic E-state index is 5.65. The van der Waals surface area contributed by atoms with E-state index in [9.17, 15) is 0 Å². The van der Waals surface area contributed by atoms with Crippen molar-refractivity contribution in [1.29, 1.82) is 0 Å². The fourth-order valence-electron chi connectivity index (χ4n) is 3.25. The number of hydrogen-bond donors (Lipinski definition) is 1. The monoisotopic (exact) mass is 340 g/mol. The SMILES string of the molecule is Cc1ccc(CNc2nc3ccccc3n2CCN2CCOCC2)o1. The van der Waals surface area contributed by atoms with Gasteiger partial charge in [0.15, 0.2) is 0 Å². The molecule has 1 aromatic carbocycles. The van der Waals surface area contributed by atoms with Gasteiger partial charge in [0.1, 0.15) is 11.5 Å². The van der Waals surface area contributed by atoms with Gasteiger partial charge in [0.05, 0.1) is 30.8 Å². The predicted molar refractivity (Wildman–Crippen MR) is 97.8 cm³/mol. The zero-order valence-electron chi connectivity index (χ0n) is 14.6. The minimum atomic E-state index is 0.634. The van der Waals surface area contributed by atoms with Crippen LogP contribution in [-0.4, -0.2) is 47.3 Å². The third-order valence-electron chi connectivity index (χ3n) is 4.61. The Hall–Kier alpha value is -2.31. The lowest BCUT2D eigenvalue weighted by Crippen LogP contribution is -2.38. The molecule has 6 heteroatoms. The normalized spacial score (nSPS) is 15.7. The number of aryl methyl sites for hydroxylation is 1. The van der Waals surface area contributed by atoms with E-state index in [1.807, 2.05) is 25.1 Å². The summed E-state index contributed by atoms with van der Waals surface area (Å²) in [6, 6.07) is 12.3. The van der Waals surface area contributed by atoms with Crippen molar-refractivity contribution < 1.29 is 9.15 Å². The number of hydrogen-bond acceptors (Lipinski definition) is 5. The van der Waals surface area contributed by atoms with Crippen molar-refractivity contribution in [1.82, 2.24) is 14.5 Å². The highest BCUT2D eigenvalue weighted by Gasteiger charge is 2.14. The molecular weight excluding hydrogens is 316 g/mol. The third kappa shape index (κ3) is 3.70. The number of nitrogens with zero attached hydrogens (tertiary/aromatic N) is 3. The molecule has 6 nitrogen and oxygen atoms in total. The summed E-state index contributed by atoms with van der Waals surface area (Å²) >= 11 is 0. The van der Waals surface area contributed by atoms with Crippen LogP contribution >= 0.6 is 0 Å². The fourth-order valence-corrected chi connectivity index (χ4v) is 3.25. The van der Waals surface area contributed by atoms with Crippen LogP contribution in [0.2, 0.25) is 0 Å². The first-order valence-electron chi connectivity index (χ1n) is 8.84. The number of morpholine rings is 1. The van der Waals surface area contributed by atoms with Crippen LogP contribution in [0.4, 0.5) is 5.95 Å². The van der Waals surface area contributed by atoms with Crippen LogP contribution < -0.4 is 5.32 Å². The summed E-state index contributed by atoms with van der Waals surface area (Å²) in [4.78, 5) is 7.21. The van der Waals surface area contributed by atoms with Gasteiger partial charge < -0.3 is 19.0 Å². The number of benzene rings is 1. The number of anilines is 1. The second-order valence-corrected chi connectivity index (χ2v) is 6.40. The van der Waals surface area contributed by atoms with Crippen molar-refractivity contribution in [2.24, 2.45) is 0 Å². The molecule has 0 radical (unpaired) electrons. The van der Waals surface area contributed by atoms with E-state index < -0.39 is 0 Å². The van der Waals surface area contributed by atoms with E-state index in [-0.39, 0.29) is 0 Å². The maximum absolute atomic E-state index is 5.65. The third-order valence-corrected chi connectivity index (χ3v) is 4.61. The highest BCUT2D eigenvalue weighted by molar-refractivity contribution is 5.78. The van der Waals surface area contributed by atoms with E-state index in [2.05, 4.69) is 33.0 Å². The summed E-state index contributed by atoms with van der Waals surface area (Å²) in [5.74, 6) is 2.74. The Balaban J connectivity index is 1.52. The number of nitrogens with one attached hydrogen (secondary N) is 1. The van der Waals surface area contributed by atoms with Crippen LogP contribution in [0.1, 0.15) is 11.5 Å². The summed E-state index contributed by atoms with van der Waals surface area (Å²) in [5.41, 5.74) is 2.18. The Morgan fingerprint density at radius 3 is 2.72 bits per heavy atom. The zero-order valence-corrected chi connectivity index (χ0v) is 14.6. The van der Waals surface area contributed by atoms with Crippen molar-refractivity contribution in [3.8, 4) is 0 Å².